The number of hydrogen-bond acceptors (Lipinski definition) is 5. The van der Waals surface area contributed by atoms with Crippen LogP contribution >= 0.6 is 23.2 Å². The van der Waals surface area contributed by atoms with E-state index in [-0.39, 0.29) is 5.02 Å². The van der Waals surface area contributed by atoms with Crippen molar-refractivity contribution in [3.63, 3.8) is 0 Å². The molecule has 0 saturated carbocycles. The highest BCUT2D eigenvalue weighted by molar-refractivity contribution is 6.34. The van der Waals surface area contributed by atoms with Crippen molar-refractivity contribution in [2.24, 2.45) is 0 Å². The van der Waals surface area contributed by atoms with Gasteiger partial charge in [-0.1, -0.05) is 30.1 Å². The number of carbonyl (C=O) groups is 1. The maximum absolute atomic E-state index is 12.7. The van der Waals surface area contributed by atoms with Crippen molar-refractivity contribution in [2.75, 3.05) is 33.3 Å². The summed E-state index contributed by atoms with van der Waals surface area (Å²) in [5.41, 5.74) is 0.673. The predicted molar refractivity (Wildman–Crippen MR) is 106 cm³/mol. The van der Waals surface area contributed by atoms with Crippen LogP contribution in [-0.4, -0.2) is 33.8 Å². The van der Waals surface area contributed by atoms with Crippen molar-refractivity contribution in [3.05, 3.63) is 39.9 Å². The van der Waals surface area contributed by atoms with Gasteiger partial charge in [0.2, 0.25) is 0 Å². The zero-order chi connectivity index (χ0) is 20.0. The van der Waals surface area contributed by atoms with Gasteiger partial charge in [-0.25, -0.2) is 0 Å². The highest BCUT2D eigenvalue weighted by Gasteiger charge is 2.18. The number of rotatable bonds is 8. The third kappa shape index (κ3) is 4.90. The normalized spacial score (nSPS) is 10.3. The van der Waals surface area contributed by atoms with Gasteiger partial charge in [0.1, 0.15) is 0 Å². The van der Waals surface area contributed by atoms with Crippen molar-refractivity contribution in [1.29, 1.82) is 0 Å². The van der Waals surface area contributed by atoms with Gasteiger partial charge in [0.05, 0.1) is 43.7 Å². The summed E-state index contributed by atoms with van der Waals surface area (Å²) in [6, 6.07) is 6.21. The van der Waals surface area contributed by atoms with Crippen LogP contribution in [0.2, 0.25) is 10.0 Å². The zero-order valence-corrected chi connectivity index (χ0v) is 17.0. The van der Waals surface area contributed by atoms with Crippen molar-refractivity contribution in [1.82, 2.24) is 0 Å². The summed E-state index contributed by atoms with van der Waals surface area (Å²) in [5, 5.41) is 3.32. The Labute approximate surface area is 168 Å². The van der Waals surface area contributed by atoms with E-state index < -0.39 is 5.91 Å². The van der Waals surface area contributed by atoms with E-state index in [4.69, 9.17) is 42.1 Å². The number of ether oxygens (including phenoxy) is 4. The first-order valence-electron chi connectivity index (χ1n) is 8.18. The molecule has 0 spiro atoms. The lowest BCUT2D eigenvalue weighted by Crippen LogP contribution is -2.13. The molecule has 2 aromatic rings. The summed E-state index contributed by atoms with van der Waals surface area (Å²) in [7, 11) is 4.48. The fraction of sp³-hybridized carbons (Fsp3) is 0.316. The van der Waals surface area contributed by atoms with E-state index in [9.17, 15) is 4.79 Å². The van der Waals surface area contributed by atoms with Crippen LogP contribution in [0.5, 0.6) is 23.0 Å². The molecule has 146 valence electrons. The second kappa shape index (κ2) is 9.58. The molecule has 1 N–H and O–H groups in total. The number of amides is 1. The van der Waals surface area contributed by atoms with Crippen LogP contribution in [0.3, 0.4) is 0 Å². The van der Waals surface area contributed by atoms with Crippen LogP contribution in [0.15, 0.2) is 24.3 Å². The van der Waals surface area contributed by atoms with Crippen LogP contribution in [0.4, 0.5) is 5.69 Å². The van der Waals surface area contributed by atoms with Gasteiger partial charge in [-0.15, -0.1) is 0 Å². The van der Waals surface area contributed by atoms with Crippen LogP contribution in [0, 0.1) is 0 Å². The summed E-state index contributed by atoms with van der Waals surface area (Å²) in [4.78, 5) is 12.7. The molecule has 0 fully saturated rings. The Morgan fingerprint density at radius 1 is 0.926 bits per heavy atom. The van der Waals surface area contributed by atoms with Crippen LogP contribution in [0.25, 0.3) is 0 Å². The minimum absolute atomic E-state index is 0.284. The van der Waals surface area contributed by atoms with Crippen molar-refractivity contribution in [3.8, 4) is 23.0 Å². The minimum atomic E-state index is -0.411. The number of anilines is 1. The van der Waals surface area contributed by atoms with Crippen molar-refractivity contribution >= 4 is 34.8 Å². The molecule has 8 heteroatoms. The van der Waals surface area contributed by atoms with Gasteiger partial charge in [-0.3, -0.25) is 4.79 Å². The van der Waals surface area contributed by atoms with E-state index in [2.05, 4.69) is 5.32 Å². The first-order chi connectivity index (χ1) is 12.9. The molecule has 0 aliphatic carbocycles. The Morgan fingerprint density at radius 2 is 1.56 bits per heavy atom. The lowest BCUT2D eigenvalue weighted by Gasteiger charge is -2.15. The maximum atomic E-state index is 12.7. The standard InChI is InChI=1S/C19H21Cl2NO5/c1-5-6-27-18-13(21)7-11(8-17(18)26-4)19(23)22-14-10-16(25-3)15(24-2)9-12(14)20/h7-10H,5-6H2,1-4H3,(H,22,23). The summed E-state index contributed by atoms with van der Waals surface area (Å²) in [6.45, 7) is 2.47. The average Bonchev–Trinajstić information content (AvgIpc) is 2.67. The van der Waals surface area contributed by atoms with E-state index in [0.717, 1.165) is 6.42 Å². The van der Waals surface area contributed by atoms with Gasteiger partial charge in [0.15, 0.2) is 23.0 Å². The Balaban J connectivity index is 2.32. The molecular weight excluding hydrogens is 393 g/mol. The molecule has 0 unspecified atom stereocenters. The highest BCUT2D eigenvalue weighted by Crippen LogP contribution is 2.38. The smallest absolute Gasteiger partial charge is 0.255 e. The molecule has 27 heavy (non-hydrogen) atoms. The quantitative estimate of drug-likeness (QED) is 0.654. The number of benzene rings is 2. The minimum Gasteiger partial charge on any atom is -0.493 e. The monoisotopic (exact) mass is 413 g/mol. The Hall–Kier alpha value is -2.31. The highest BCUT2D eigenvalue weighted by atomic mass is 35.5. The second-order valence-electron chi connectivity index (χ2n) is 5.48. The number of nitrogens with one attached hydrogen (secondary N) is 1. The predicted octanol–water partition coefficient (Wildman–Crippen LogP) is 5.06. The van der Waals surface area contributed by atoms with Gasteiger partial charge < -0.3 is 24.3 Å². The maximum Gasteiger partial charge on any atom is 0.255 e. The Morgan fingerprint density at radius 3 is 2.15 bits per heavy atom. The molecule has 0 radical (unpaired) electrons. The number of carbonyl (C=O) groups excluding carboxylic acids is 1. The fourth-order valence-electron chi connectivity index (χ4n) is 2.34. The molecule has 6 nitrogen and oxygen atoms in total. The third-order valence-electron chi connectivity index (χ3n) is 3.66. The van der Waals surface area contributed by atoms with Gasteiger partial charge >= 0.3 is 0 Å². The largest absolute Gasteiger partial charge is 0.493 e. The molecule has 0 aliphatic rings. The van der Waals surface area contributed by atoms with E-state index in [1.165, 1.54) is 27.4 Å². The molecule has 0 bridgehead atoms. The van der Waals surface area contributed by atoms with E-state index in [1.807, 2.05) is 6.92 Å². The molecule has 2 aromatic carbocycles. The van der Waals surface area contributed by atoms with Crippen molar-refractivity contribution < 1.29 is 23.7 Å². The van der Waals surface area contributed by atoms with E-state index in [1.54, 1.807) is 18.2 Å². The summed E-state index contributed by atoms with van der Waals surface area (Å²) >= 11 is 12.5. The Bertz CT molecular complexity index is 826. The molecule has 0 heterocycles. The van der Waals surface area contributed by atoms with E-state index in [0.29, 0.717) is 45.9 Å². The summed E-state index contributed by atoms with van der Waals surface area (Å²) < 4.78 is 21.3. The molecular formula is C19H21Cl2NO5. The SMILES string of the molecule is CCCOc1c(Cl)cc(C(=O)Nc2cc(OC)c(OC)cc2Cl)cc1OC. The molecule has 0 atom stereocenters. The molecule has 0 aliphatic heterocycles. The second-order valence-corrected chi connectivity index (χ2v) is 6.29. The van der Waals surface area contributed by atoms with Crippen LogP contribution in [0.1, 0.15) is 23.7 Å². The number of hydrogen-bond donors (Lipinski definition) is 1. The molecule has 0 saturated heterocycles. The fourth-order valence-corrected chi connectivity index (χ4v) is 2.81. The van der Waals surface area contributed by atoms with Gasteiger partial charge in [0.25, 0.3) is 5.91 Å². The summed E-state index contributed by atoms with van der Waals surface area (Å²) in [5.74, 6) is 1.27. The first-order valence-corrected chi connectivity index (χ1v) is 8.93. The van der Waals surface area contributed by atoms with Gasteiger partial charge in [-0.2, -0.15) is 0 Å². The molecule has 0 aromatic heterocycles. The average molecular weight is 414 g/mol. The zero-order valence-electron chi connectivity index (χ0n) is 15.5. The van der Waals surface area contributed by atoms with Gasteiger partial charge in [0, 0.05) is 17.7 Å². The number of halogens is 2. The van der Waals surface area contributed by atoms with E-state index >= 15 is 0 Å². The Kier molecular flexibility index (Phi) is 7.45. The first kappa shape index (κ1) is 21.0. The summed E-state index contributed by atoms with van der Waals surface area (Å²) in [6.07, 6.45) is 0.819. The third-order valence-corrected chi connectivity index (χ3v) is 4.26. The molecule has 2 rings (SSSR count). The molecule has 1 amide bonds. The van der Waals surface area contributed by atoms with Crippen LogP contribution in [-0.2, 0) is 0 Å². The topological polar surface area (TPSA) is 66.0 Å². The van der Waals surface area contributed by atoms with Gasteiger partial charge in [-0.05, 0) is 18.6 Å². The number of methoxy groups -OCH3 is 3. The lowest BCUT2D eigenvalue weighted by atomic mass is 10.1. The van der Waals surface area contributed by atoms with Crippen molar-refractivity contribution in [2.45, 2.75) is 13.3 Å². The van der Waals surface area contributed by atoms with Crippen LogP contribution < -0.4 is 24.3 Å². The lowest BCUT2D eigenvalue weighted by molar-refractivity contribution is 0.102.